The highest BCUT2D eigenvalue weighted by Gasteiger charge is 2.23. The van der Waals surface area contributed by atoms with Gasteiger partial charge in [0.1, 0.15) is 0 Å². The highest BCUT2D eigenvalue weighted by atomic mass is 32.1. The minimum Gasteiger partial charge on any atom is -0.352 e. The number of nitrogens with one attached hydrogen (secondary N) is 1. The molecule has 6 nitrogen and oxygen atoms in total. The molecule has 2 aromatic rings. The predicted octanol–water partition coefficient (Wildman–Crippen LogP) is 1.79. The van der Waals surface area contributed by atoms with Crippen molar-refractivity contribution >= 4 is 18.1 Å². The van der Waals surface area contributed by atoms with Crippen LogP contribution in [0.3, 0.4) is 0 Å². The molecule has 7 heteroatoms. The highest BCUT2D eigenvalue weighted by molar-refractivity contribution is 7.71. The number of carbonyl (C=O) groups is 1. The van der Waals surface area contributed by atoms with E-state index in [0.717, 1.165) is 24.2 Å². The summed E-state index contributed by atoms with van der Waals surface area (Å²) in [6.45, 7) is 0.826. The molecule has 23 heavy (non-hydrogen) atoms. The van der Waals surface area contributed by atoms with Gasteiger partial charge in [-0.2, -0.15) is 5.10 Å². The van der Waals surface area contributed by atoms with Crippen molar-refractivity contribution in [1.29, 1.82) is 0 Å². The first-order valence-corrected chi connectivity index (χ1v) is 8.12. The average Bonchev–Trinajstić information content (AvgIpc) is 3.29. The summed E-state index contributed by atoms with van der Waals surface area (Å²) in [5.41, 5.74) is 1.02. The molecule has 1 heterocycles. The number of hydrogen-bond donors (Lipinski definition) is 1. The zero-order valence-corrected chi connectivity index (χ0v) is 14.2. The maximum Gasteiger partial charge on any atom is 0.234 e. The summed E-state index contributed by atoms with van der Waals surface area (Å²) in [6, 6.07) is 10.3. The molecule has 1 aliphatic rings. The molecule has 3 rings (SSSR count). The van der Waals surface area contributed by atoms with Crippen LogP contribution in [0, 0.1) is 4.77 Å². The standard InChI is InChI=1S/C16H21N5OS/c1-19(10-14(22)17-13-8-9-13)11-21-16(23)20(2)15(18-21)12-6-4-3-5-7-12/h3-7,13H,8-11H2,1-2H3,(H,17,22). The second kappa shape index (κ2) is 6.64. The van der Waals surface area contributed by atoms with E-state index in [0.29, 0.717) is 24.0 Å². The molecule has 1 aliphatic carbocycles. The number of likely N-dealkylation sites (N-methyl/N-ethyl adjacent to an activating group) is 1. The Morgan fingerprint density at radius 1 is 1.39 bits per heavy atom. The SMILES string of the molecule is CN(CC(=O)NC1CC1)Cn1nc(-c2ccccc2)n(C)c1=S. The fourth-order valence-electron chi connectivity index (χ4n) is 2.44. The van der Waals surface area contributed by atoms with Gasteiger partial charge in [0.2, 0.25) is 5.91 Å². The Balaban J connectivity index is 1.70. The van der Waals surface area contributed by atoms with Crippen molar-refractivity contribution in [3.63, 3.8) is 0 Å². The lowest BCUT2D eigenvalue weighted by atomic mass is 10.2. The number of carbonyl (C=O) groups excluding carboxylic acids is 1. The Kier molecular flexibility index (Phi) is 4.58. The molecule has 122 valence electrons. The lowest BCUT2D eigenvalue weighted by molar-refractivity contribution is -0.122. The van der Waals surface area contributed by atoms with Gasteiger partial charge in [-0.05, 0) is 32.1 Å². The smallest absolute Gasteiger partial charge is 0.234 e. The first kappa shape index (κ1) is 15.9. The van der Waals surface area contributed by atoms with Crippen molar-refractivity contribution in [3.8, 4) is 11.4 Å². The fourth-order valence-corrected chi connectivity index (χ4v) is 2.63. The summed E-state index contributed by atoms with van der Waals surface area (Å²) in [5.74, 6) is 0.882. The molecule has 0 aliphatic heterocycles. The van der Waals surface area contributed by atoms with E-state index in [9.17, 15) is 4.79 Å². The second-order valence-corrected chi connectivity index (χ2v) is 6.39. The van der Waals surface area contributed by atoms with E-state index in [1.807, 2.05) is 53.9 Å². The van der Waals surface area contributed by atoms with E-state index < -0.39 is 0 Å². The van der Waals surface area contributed by atoms with E-state index in [-0.39, 0.29) is 5.91 Å². The van der Waals surface area contributed by atoms with Crippen LogP contribution in [-0.2, 0) is 18.5 Å². The van der Waals surface area contributed by atoms with Crippen LogP contribution in [0.5, 0.6) is 0 Å². The van der Waals surface area contributed by atoms with Crippen molar-refractivity contribution < 1.29 is 4.79 Å². The molecule has 1 fully saturated rings. The molecule has 0 spiro atoms. The van der Waals surface area contributed by atoms with E-state index >= 15 is 0 Å². The fraction of sp³-hybridized carbons (Fsp3) is 0.438. The average molecular weight is 331 g/mol. The third kappa shape index (κ3) is 3.86. The van der Waals surface area contributed by atoms with E-state index in [1.54, 1.807) is 4.68 Å². The van der Waals surface area contributed by atoms with Crippen LogP contribution in [0.2, 0.25) is 0 Å². The largest absolute Gasteiger partial charge is 0.352 e. The molecule has 1 aromatic carbocycles. The van der Waals surface area contributed by atoms with Crippen molar-refractivity contribution in [1.82, 2.24) is 24.6 Å². The minimum atomic E-state index is 0.0562. The van der Waals surface area contributed by atoms with Crippen LogP contribution in [0.15, 0.2) is 30.3 Å². The Bertz CT molecular complexity index is 748. The van der Waals surface area contributed by atoms with Crippen molar-refractivity contribution in [2.45, 2.75) is 25.6 Å². The van der Waals surface area contributed by atoms with Crippen LogP contribution in [-0.4, -0.2) is 44.8 Å². The lowest BCUT2D eigenvalue weighted by Gasteiger charge is -2.15. The zero-order valence-electron chi connectivity index (χ0n) is 13.4. The molecule has 0 saturated heterocycles. The highest BCUT2D eigenvalue weighted by Crippen LogP contribution is 2.18. The molecule has 0 atom stereocenters. The summed E-state index contributed by atoms with van der Waals surface area (Å²) >= 11 is 5.46. The first-order chi connectivity index (χ1) is 11.0. The predicted molar refractivity (Wildman–Crippen MR) is 91.3 cm³/mol. The number of benzene rings is 1. The molecular weight excluding hydrogens is 310 g/mol. The maximum absolute atomic E-state index is 11.9. The maximum atomic E-state index is 11.9. The zero-order chi connectivity index (χ0) is 16.4. The van der Waals surface area contributed by atoms with Crippen LogP contribution in [0.4, 0.5) is 0 Å². The van der Waals surface area contributed by atoms with Gasteiger partial charge in [0.15, 0.2) is 10.6 Å². The second-order valence-electron chi connectivity index (χ2n) is 6.03. The molecular formula is C16H21N5OS. The van der Waals surface area contributed by atoms with Gasteiger partial charge in [-0.25, -0.2) is 4.68 Å². The molecule has 0 bridgehead atoms. The Labute approximate surface area is 140 Å². The van der Waals surface area contributed by atoms with Crippen LogP contribution < -0.4 is 5.32 Å². The number of amides is 1. The van der Waals surface area contributed by atoms with Crippen molar-refractivity contribution in [3.05, 3.63) is 35.1 Å². The number of rotatable bonds is 6. The summed E-state index contributed by atoms with van der Waals surface area (Å²) in [7, 11) is 3.80. The van der Waals surface area contributed by atoms with Gasteiger partial charge in [-0.15, -0.1) is 0 Å². The Hall–Kier alpha value is -1.99. The summed E-state index contributed by atoms with van der Waals surface area (Å²) in [5, 5.41) is 7.59. The molecule has 1 amide bonds. The van der Waals surface area contributed by atoms with Gasteiger partial charge < -0.3 is 9.88 Å². The molecule has 1 saturated carbocycles. The molecule has 1 aromatic heterocycles. The van der Waals surface area contributed by atoms with E-state index in [2.05, 4.69) is 10.4 Å². The molecule has 0 radical (unpaired) electrons. The first-order valence-electron chi connectivity index (χ1n) is 7.72. The monoisotopic (exact) mass is 331 g/mol. The normalized spacial score (nSPS) is 14.2. The summed E-state index contributed by atoms with van der Waals surface area (Å²) < 4.78 is 4.28. The van der Waals surface area contributed by atoms with Crippen LogP contribution >= 0.6 is 12.2 Å². The lowest BCUT2D eigenvalue weighted by Crippen LogP contribution is -2.37. The topological polar surface area (TPSA) is 55.1 Å². The Morgan fingerprint density at radius 2 is 2.09 bits per heavy atom. The van der Waals surface area contributed by atoms with Gasteiger partial charge in [-0.1, -0.05) is 30.3 Å². The summed E-state index contributed by atoms with van der Waals surface area (Å²) in [4.78, 5) is 13.8. The molecule has 1 N–H and O–H groups in total. The van der Waals surface area contributed by atoms with Gasteiger partial charge in [0.25, 0.3) is 0 Å². The van der Waals surface area contributed by atoms with Crippen LogP contribution in [0.1, 0.15) is 12.8 Å². The summed E-state index contributed by atoms with van der Waals surface area (Å²) in [6.07, 6.45) is 2.20. The third-order valence-electron chi connectivity index (χ3n) is 3.80. The number of hydrogen-bond acceptors (Lipinski definition) is 4. The molecule has 0 unspecified atom stereocenters. The van der Waals surface area contributed by atoms with Gasteiger partial charge >= 0.3 is 0 Å². The van der Waals surface area contributed by atoms with Gasteiger partial charge in [0.05, 0.1) is 13.2 Å². The number of nitrogens with zero attached hydrogens (tertiary/aromatic N) is 4. The quantitative estimate of drug-likeness (QED) is 0.820. The van der Waals surface area contributed by atoms with Crippen molar-refractivity contribution in [2.75, 3.05) is 13.6 Å². The van der Waals surface area contributed by atoms with Gasteiger partial charge in [0, 0.05) is 18.7 Å². The minimum absolute atomic E-state index is 0.0562. The van der Waals surface area contributed by atoms with Crippen LogP contribution in [0.25, 0.3) is 11.4 Å². The van der Waals surface area contributed by atoms with Gasteiger partial charge in [-0.3, -0.25) is 9.69 Å². The van der Waals surface area contributed by atoms with E-state index in [4.69, 9.17) is 12.2 Å². The number of aromatic nitrogens is 3. The van der Waals surface area contributed by atoms with E-state index in [1.165, 1.54) is 0 Å². The third-order valence-corrected chi connectivity index (χ3v) is 4.29. The Morgan fingerprint density at radius 3 is 2.74 bits per heavy atom. The van der Waals surface area contributed by atoms with Crippen molar-refractivity contribution in [2.24, 2.45) is 7.05 Å².